The van der Waals surface area contributed by atoms with Crippen molar-refractivity contribution in [2.75, 3.05) is 6.54 Å². The van der Waals surface area contributed by atoms with Gasteiger partial charge in [-0.25, -0.2) is 0 Å². The van der Waals surface area contributed by atoms with E-state index in [4.69, 9.17) is 5.73 Å². The topological polar surface area (TPSA) is 75.3 Å². The molecule has 0 radical (unpaired) electrons. The predicted octanol–water partition coefficient (Wildman–Crippen LogP) is 1.25. The molecule has 0 spiro atoms. The average molecular weight is 234 g/mol. The third-order valence-corrected chi connectivity index (χ3v) is 3.45. The maximum atomic E-state index is 12.0. The fourth-order valence-electron chi connectivity index (χ4n) is 2.03. The molecule has 17 heavy (non-hydrogen) atoms. The minimum atomic E-state index is -0.362. The number of para-hydroxylation sites is 1. The number of phenols is 1. The summed E-state index contributed by atoms with van der Waals surface area (Å²) in [6.45, 7) is 2.37. The molecule has 1 fully saturated rings. The monoisotopic (exact) mass is 234 g/mol. The number of nitrogens with one attached hydrogen (secondary N) is 1. The third kappa shape index (κ3) is 2.42. The first-order chi connectivity index (χ1) is 8.07. The fraction of sp³-hybridized carbons (Fsp3) is 0.462. The molecular formula is C13H18N2O2. The zero-order chi connectivity index (χ0) is 12.5. The number of amides is 1. The lowest BCUT2D eigenvalue weighted by Gasteiger charge is -2.29. The molecule has 1 aliphatic carbocycles. The zero-order valence-electron chi connectivity index (χ0n) is 9.94. The number of hydrogen-bond acceptors (Lipinski definition) is 3. The maximum Gasteiger partial charge on any atom is 0.255 e. The van der Waals surface area contributed by atoms with Crippen LogP contribution in [0.4, 0.5) is 0 Å². The Morgan fingerprint density at radius 3 is 2.71 bits per heavy atom. The Bertz CT molecular complexity index is 429. The molecule has 0 heterocycles. The maximum absolute atomic E-state index is 12.0. The standard InChI is InChI=1S/C13H18N2O2/c1-13(8-14,9-6-7-9)15-12(17)10-4-2-3-5-11(10)16/h2-5,9,16H,6-8,14H2,1H3,(H,15,17). The highest BCUT2D eigenvalue weighted by molar-refractivity contribution is 5.97. The van der Waals surface area contributed by atoms with Crippen LogP contribution < -0.4 is 11.1 Å². The van der Waals surface area contributed by atoms with Gasteiger partial charge in [0.15, 0.2) is 0 Å². The molecule has 4 N–H and O–H groups in total. The first-order valence-corrected chi connectivity index (χ1v) is 5.87. The molecule has 1 saturated carbocycles. The second-order valence-corrected chi connectivity index (χ2v) is 4.87. The van der Waals surface area contributed by atoms with E-state index in [0.29, 0.717) is 18.0 Å². The number of nitrogens with two attached hydrogens (primary N) is 1. The van der Waals surface area contributed by atoms with Crippen molar-refractivity contribution in [3.8, 4) is 5.75 Å². The van der Waals surface area contributed by atoms with E-state index in [9.17, 15) is 9.90 Å². The van der Waals surface area contributed by atoms with E-state index >= 15 is 0 Å². The summed E-state index contributed by atoms with van der Waals surface area (Å²) in [6.07, 6.45) is 2.21. The number of phenolic OH excluding ortho intramolecular Hbond substituents is 1. The van der Waals surface area contributed by atoms with Gasteiger partial charge in [-0.3, -0.25) is 4.79 Å². The van der Waals surface area contributed by atoms with Crippen LogP contribution in [0, 0.1) is 5.92 Å². The normalized spacial score (nSPS) is 18.5. The Labute approximate surface area is 101 Å². The predicted molar refractivity (Wildman–Crippen MR) is 65.8 cm³/mol. The summed E-state index contributed by atoms with van der Waals surface area (Å²) < 4.78 is 0. The van der Waals surface area contributed by atoms with Gasteiger partial charge in [-0.05, 0) is 37.8 Å². The van der Waals surface area contributed by atoms with Gasteiger partial charge in [0.1, 0.15) is 5.75 Å². The van der Waals surface area contributed by atoms with Gasteiger partial charge in [-0.15, -0.1) is 0 Å². The van der Waals surface area contributed by atoms with Crippen LogP contribution in [0.2, 0.25) is 0 Å². The molecular weight excluding hydrogens is 216 g/mol. The lowest BCUT2D eigenvalue weighted by Crippen LogP contribution is -2.53. The molecule has 1 amide bonds. The molecule has 1 atom stereocenters. The van der Waals surface area contributed by atoms with Crippen molar-refractivity contribution in [2.24, 2.45) is 11.7 Å². The summed E-state index contributed by atoms with van der Waals surface area (Å²) in [5.41, 5.74) is 5.67. The van der Waals surface area contributed by atoms with Crippen molar-refractivity contribution in [3.63, 3.8) is 0 Å². The number of carbonyl (C=O) groups is 1. The average Bonchev–Trinajstić information content (AvgIpc) is 3.13. The minimum absolute atomic E-state index is 0.000156. The van der Waals surface area contributed by atoms with Crippen molar-refractivity contribution >= 4 is 5.91 Å². The molecule has 1 unspecified atom stereocenters. The van der Waals surface area contributed by atoms with Gasteiger partial charge in [-0.1, -0.05) is 12.1 Å². The van der Waals surface area contributed by atoms with Crippen LogP contribution >= 0.6 is 0 Å². The number of aromatic hydroxyl groups is 1. The van der Waals surface area contributed by atoms with Crippen LogP contribution in [0.3, 0.4) is 0 Å². The van der Waals surface area contributed by atoms with Crippen LogP contribution in [0.1, 0.15) is 30.1 Å². The Morgan fingerprint density at radius 2 is 2.18 bits per heavy atom. The van der Waals surface area contributed by atoms with Crippen LogP contribution in [0.5, 0.6) is 5.75 Å². The molecule has 0 aromatic heterocycles. The van der Waals surface area contributed by atoms with Crippen LogP contribution in [-0.2, 0) is 0 Å². The van der Waals surface area contributed by atoms with Gasteiger partial charge in [0.2, 0.25) is 0 Å². The Balaban J connectivity index is 2.13. The molecule has 0 saturated heterocycles. The van der Waals surface area contributed by atoms with E-state index in [-0.39, 0.29) is 17.2 Å². The quantitative estimate of drug-likeness (QED) is 0.734. The summed E-state index contributed by atoms with van der Waals surface area (Å²) >= 11 is 0. The number of rotatable bonds is 4. The zero-order valence-corrected chi connectivity index (χ0v) is 9.94. The summed E-state index contributed by atoms with van der Waals surface area (Å²) in [7, 11) is 0. The molecule has 0 aliphatic heterocycles. The third-order valence-electron chi connectivity index (χ3n) is 3.45. The first kappa shape index (κ1) is 11.9. The van der Waals surface area contributed by atoms with Crippen molar-refractivity contribution in [2.45, 2.75) is 25.3 Å². The molecule has 2 rings (SSSR count). The lowest BCUT2D eigenvalue weighted by atomic mass is 9.95. The van der Waals surface area contributed by atoms with Gasteiger partial charge in [0.05, 0.1) is 11.1 Å². The van der Waals surface area contributed by atoms with E-state index in [1.54, 1.807) is 18.2 Å². The Hall–Kier alpha value is -1.55. The Kier molecular flexibility index (Phi) is 3.07. The van der Waals surface area contributed by atoms with Gasteiger partial charge in [0, 0.05) is 6.54 Å². The highest BCUT2D eigenvalue weighted by Gasteiger charge is 2.41. The van der Waals surface area contributed by atoms with Crippen LogP contribution in [0.25, 0.3) is 0 Å². The summed E-state index contributed by atoms with van der Waals surface area (Å²) in [5, 5.41) is 12.6. The number of carbonyl (C=O) groups excluding carboxylic acids is 1. The molecule has 4 heteroatoms. The van der Waals surface area contributed by atoms with E-state index < -0.39 is 0 Å². The summed E-state index contributed by atoms with van der Waals surface area (Å²) in [4.78, 5) is 12.0. The van der Waals surface area contributed by atoms with E-state index in [0.717, 1.165) is 12.8 Å². The van der Waals surface area contributed by atoms with E-state index in [1.165, 1.54) is 6.07 Å². The Morgan fingerprint density at radius 1 is 1.53 bits per heavy atom. The van der Waals surface area contributed by atoms with Crippen molar-refractivity contribution in [1.82, 2.24) is 5.32 Å². The van der Waals surface area contributed by atoms with E-state index in [1.807, 2.05) is 6.92 Å². The first-order valence-electron chi connectivity index (χ1n) is 5.87. The van der Waals surface area contributed by atoms with Gasteiger partial charge in [0.25, 0.3) is 5.91 Å². The number of benzene rings is 1. The fourth-order valence-corrected chi connectivity index (χ4v) is 2.03. The van der Waals surface area contributed by atoms with Crippen molar-refractivity contribution in [3.05, 3.63) is 29.8 Å². The van der Waals surface area contributed by atoms with Gasteiger partial charge >= 0.3 is 0 Å². The molecule has 92 valence electrons. The SMILES string of the molecule is CC(CN)(NC(=O)c1ccccc1O)C1CC1. The summed E-state index contributed by atoms with van der Waals surface area (Å²) in [5.74, 6) is 0.199. The van der Waals surface area contributed by atoms with Crippen LogP contribution in [0.15, 0.2) is 24.3 Å². The van der Waals surface area contributed by atoms with Crippen LogP contribution in [-0.4, -0.2) is 23.1 Å². The molecule has 0 bridgehead atoms. The summed E-state index contributed by atoms with van der Waals surface area (Å²) in [6, 6.07) is 6.53. The largest absolute Gasteiger partial charge is 0.507 e. The molecule has 1 aromatic rings. The highest BCUT2D eigenvalue weighted by atomic mass is 16.3. The minimum Gasteiger partial charge on any atom is -0.507 e. The lowest BCUT2D eigenvalue weighted by molar-refractivity contribution is 0.0895. The van der Waals surface area contributed by atoms with Crippen molar-refractivity contribution < 1.29 is 9.90 Å². The number of hydrogen-bond donors (Lipinski definition) is 3. The van der Waals surface area contributed by atoms with Gasteiger partial charge in [-0.2, -0.15) is 0 Å². The molecule has 4 nitrogen and oxygen atoms in total. The van der Waals surface area contributed by atoms with E-state index in [2.05, 4.69) is 5.32 Å². The highest BCUT2D eigenvalue weighted by Crippen LogP contribution is 2.39. The second kappa shape index (κ2) is 4.37. The van der Waals surface area contributed by atoms with Gasteiger partial charge < -0.3 is 16.2 Å². The smallest absolute Gasteiger partial charge is 0.255 e. The molecule has 1 aromatic carbocycles. The molecule has 1 aliphatic rings. The second-order valence-electron chi connectivity index (χ2n) is 4.87. The van der Waals surface area contributed by atoms with Crippen molar-refractivity contribution in [1.29, 1.82) is 0 Å².